The number of benzene rings is 1. The number of rotatable bonds is 5. The van der Waals surface area contributed by atoms with Gasteiger partial charge in [-0.3, -0.25) is 0 Å². The van der Waals surface area contributed by atoms with E-state index >= 15 is 0 Å². The summed E-state index contributed by atoms with van der Waals surface area (Å²) >= 11 is 0. The van der Waals surface area contributed by atoms with E-state index in [9.17, 15) is 9.90 Å². The molecule has 0 fully saturated rings. The third kappa shape index (κ3) is 5.30. The second-order valence-electron chi connectivity index (χ2n) is 4.41. The van der Waals surface area contributed by atoms with Gasteiger partial charge in [-0.2, -0.15) is 0 Å². The van der Waals surface area contributed by atoms with Crippen LogP contribution in [0.2, 0.25) is 0 Å². The van der Waals surface area contributed by atoms with E-state index in [-0.39, 0.29) is 5.56 Å². The van der Waals surface area contributed by atoms with Crippen LogP contribution in [0.25, 0.3) is 0 Å². The molecule has 0 aliphatic heterocycles. The van der Waals surface area contributed by atoms with Crippen LogP contribution >= 0.6 is 0 Å². The molecule has 1 aromatic carbocycles. The normalized spacial score (nSPS) is 10.5. The lowest BCUT2D eigenvalue weighted by Gasteiger charge is -2.34. The quantitative estimate of drug-likeness (QED) is 0.833. The molecule has 0 saturated carbocycles. The lowest BCUT2D eigenvalue weighted by Crippen LogP contribution is -2.47. The first kappa shape index (κ1) is 17.4. The number of carbonyl (C=O) groups is 1. The average molecular weight is 267 g/mol. The first-order chi connectivity index (χ1) is 8.96. The van der Waals surface area contributed by atoms with Crippen LogP contribution in [0.3, 0.4) is 0 Å². The molecule has 1 aromatic rings. The van der Waals surface area contributed by atoms with Crippen LogP contribution in [0.1, 0.15) is 38.1 Å². The summed E-state index contributed by atoms with van der Waals surface area (Å²) in [6.07, 6.45) is 0. The molecule has 0 atom stereocenters. The van der Waals surface area contributed by atoms with Gasteiger partial charge in [0.25, 0.3) is 0 Å². The Labute approximate surface area is 115 Å². The van der Waals surface area contributed by atoms with Crippen LogP contribution in [0.5, 0.6) is 5.75 Å². The molecule has 0 spiro atoms. The highest BCUT2D eigenvalue weighted by atomic mass is 16.4. The monoisotopic (exact) mass is 267 g/mol. The van der Waals surface area contributed by atoms with Gasteiger partial charge >= 0.3 is 5.97 Å². The molecule has 0 aromatic heterocycles. The SMILES string of the molecule is CC[N+](CC)(CC)CC.O=C(O)c1ccccc1[O-]. The number of aromatic carboxylic acids is 1. The number of carboxylic acid groups (broad SMARTS) is 1. The Hall–Kier alpha value is -1.55. The summed E-state index contributed by atoms with van der Waals surface area (Å²) in [5.41, 5.74) is -0.178. The van der Waals surface area contributed by atoms with Crippen molar-refractivity contribution in [1.29, 1.82) is 0 Å². The summed E-state index contributed by atoms with van der Waals surface area (Å²) in [5.74, 6) is -1.62. The second kappa shape index (κ2) is 8.53. The van der Waals surface area contributed by atoms with Crippen molar-refractivity contribution in [3.63, 3.8) is 0 Å². The van der Waals surface area contributed by atoms with E-state index in [4.69, 9.17) is 5.11 Å². The van der Waals surface area contributed by atoms with Gasteiger partial charge in [0.1, 0.15) is 0 Å². The number of carboxylic acids is 1. The molecular weight excluding hydrogens is 242 g/mol. The first-order valence-corrected chi connectivity index (χ1v) is 6.80. The van der Waals surface area contributed by atoms with Crippen molar-refractivity contribution in [2.24, 2.45) is 0 Å². The maximum atomic E-state index is 10.7. The number of nitrogens with zero attached hydrogens (tertiary/aromatic N) is 1. The van der Waals surface area contributed by atoms with Gasteiger partial charge in [0.15, 0.2) is 0 Å². The van der Waals surface area contributed by atoms with E-state index < -0.39 is 11.7 Å². The largest absolute Gasteiger partial charge is 0.872 e. The number of quaternary nitrogens is 1. The van der Waals surface area contributed by atoms with E-state index in [2.05, 4.69) is 27.7 Å². The Kier molecular flexibility index (Phi) is 7.84. The Morgan fingerprint density at radius 2 is 1.47 bits per heavy atom. The summed E-state index contributed by atoms with van der Waals surface area (Å²) in [7, 11) is 0. The minimum absolute atomic E-state index is 0.178. The molecule has 1 N–H and O–H groups in total. The molecule has 1 rings (SSSR count). The van der Waals surface area contributed by atoms with Crippen molar-refractivity contribution in [3.05, 3.63) is 29.8 Å². The summed E-state index contributed by atoms with van der Waals surface area (Å²) < 4.78 is 1.28. The zero-order chi connectivity index (χ0) is 14.9. The molecule has 0 radical (unpaired) electrons. The van der Waals surface area contributed by atoms with Crippen LogP contribution in [-0.4, -0.2) is 41.7 Å². The van der Waals surface area contributed by atoms with E-state index in [1.165, 1.54) is 54.9 Å². The molecule has 0 saturated heterocycles. The summed E-state index contributed by atoms with van der Waals surface area (Å²) in [6.45, 7) is 14.2. The highest BCUT2D eigenvalue weighted by molar-refractivity contribution is 5.90. The molecule has 0 heterocycles. The highest BCUT2D eigenvalue weighted by Crippen LogP contribution is 2.10. The van der Waals surface area contributed by atoms with Crippen molar-refractivity contribution in [2.75, 3.05) is 26.2 Å². The highest BCUT2D eigenvalue weighted by Gasteiger charge is 2.16. The second-order valence-corrected chi connectivity index (χ2v) is 4.41. The summed E-state index contributed by atoms with van der Waals surface area (Å²) in [5, 5.41) is 19.0. The number of para-hydroxylation sites is 1. The zero-order valence-electron chi connectivity index (χ0n) is 12.3. The van der Waals surface area contributed by atoms with E-state index in [0.717, 1.165) is 0 Å². The van der Waals surface area contributed by atoms with Crippen LogP contribution in [0.4, 0.5) is 0 Å². The van der Waals surface area contributed by atoms with Gasteiger partial charge < -0.3 is 14.7 Å². The molecule has 4 heteroatoms. The zero-order valence-corrected chi connectivity index (χ0v) is 12.3. The predicted molar refractivity (Wildman–Crippen MR) is 75.3 cm³/mol. The van der Waals surface area contributed by atoms with E-state index in [1.54, 1.807) is 0 Å². The molecule has 0 aliphatic rings. The first-order valence-electron chi connectivity index (χ1n) is 6.80. The molecule has 0 aliphatic carbocycles. The molecule has 4 nitrogen and oxygen atoms in total. The average Bonchev–Trinajstić information content (AvgIpc) is 2.43. The van der Waals surface area contributed by atoms with Crippen LogP contribution in [-0.2, 0) is 0 Å². The van der Waals surface area contributed by atoms with Crippen molar-refractivity contribution >= 4 is 5.97 Å². The molecular formula is C15H25NO3. The van der Waals surface area contributed by atoms with Crippen LogP contribution in [0, 0.1) is 0 Å². The molecule has 0 amide bonds. The summed E-state index contributed by atoms with van der Waals surface area (Å²) in [4.78, 5) is 10.2. The minimum Gasteiger partial charge on any atom is -0.872 e. The van der Waals surface area contributed by atoms with Gasteiger partial charge in [0, 0.05) is 0 Å². The van der Waals surface area contributed by atoms with Gasteiger partial charge in [-0.05, 0) is 33.8 Å². The Morgan fingerprint density at radius 1 is 1.05 bits per heavy atom. The predicted octanol–water partition coefficient (Wildman–Crippen LogP) is 2.34. The smallest absolute Gasteiger partial charge is 0.335 e. The van der Waals surface area contributed by atoms with Crippen molar-refractivity contribution in [2.45, 2.75) is 27.7 Å². The number of hydrogen-bond donors (Lipinski definition) is 1. The van der Waals surface area contributed by atoms with E-state index in [0.29, 0.717) is 0 Å². The molecule has 0 bridgehead atoms. The van der Waals surface area contributed by atoms with Gasteiger partial charge in [-0.25, -0.2) is 4.79 Å². The van der Waals surface area contributed by atoms with Crippen molar-refractivity contribution in [3.8, 4) is 5.75 Å². The summed E-state index contributed by atoms with van der Waals surface area (Å²) in [6, 6.07) is 5.54. The lowest BCUT2D eigenvalue weighted by molar-refractivity contribution is -0.921. The van der Waals surface area contributed by atoms with Crippen molar-refractivity contribution in [1.82, 2.24) is 0 Å². The molecule has 0 unspecified atom stereocenters. The van der Waals surface area contributed by atoms with Gasteiger partial charge in [0.05, 0.1) is 31.7 Å². The fourth-order valence-electron chi connectivity index (χ4n) is 1.98. The van der Waals surface area contributed by atoms with Crippen molar-refractivity contribution < 1.29 is 19.5 Å². The van der Waals surface area contributed by atoms with Gasteiger partial charge in [-0.1, -0.05) is 23.9 Å². The van der Waals surface area contributed by atoms with Gasteiger partial charge in [0.2, 0.25) is 0 Å². The molecule has 19 heavy (non-hydrogen) atoms. The number of hydrogen-bond acceptors (Lipinski definition) is 2. The third-order valence-corrected chi connectivity index (χ3v) is 3.80. The van der Waals surface area contributed by atoms with Crippen LogP contribution in [0.15, 0.2) is 24.3 Å². The Balaban J connectivity index is 0.000000344. The Bertz CT molecular complexity index is 369. The van der Waals surface area contributed by atoms with Gasteiger partial charge in [-0.15, -0.1) is 0 Å². The molecule has 108 valence electrons. The third-order valence-electron chi connectivity index (χ3n) is 3.80. The Morgan fingerprint density at radius 3 is 1.68 bits per heavy atom. The van der Waals surface area contributed by atoms with E-state index in [1.807, 2.05) is 0 Å². The maximum absolute atomic E-state index is 10.7. The van der Waals surface area contributed by atoms with Crippen LogP contribution < -0.4 is 5.11 Å². The topological polar surface area (TPSA) is 60.4 Å². The minimum atomic E-state index is -1.18. The standard InChI is InChI=1S/C8H20N.C7H6O3/c1-5-9(6-2,7-3)8-4;8-6-4-2-1-3-5(6)7(9)10/h5-8H2,1-4H3;1-4,8H,(H,9,10)/q+1;/p-1. The fraction of sp³-hybridized carbons (Fsp3) is 0.533. The maximum Gasteiger partial charge on any atom is 0.335 e. The fourth-order valence-corrected chi connectivity index (χ4v) is 1.98. The lowest BCUT2D eigenvalue weighted by atomic mass is 10.2.